The van der Waals surface area contributed by atoms with Gasteiger partial charge in [0, 0.05) is 12.1 Å². The van der Waals surface area contributed by atoms with Gasteiger partial charge in [-0.1, -0.05) is 6.07 Å². The number of benzene rings is 1. The predicted octanol–water partition coefficient (Wildman–Crippen LogP) is 2.38. The first-order chi connectivity index (χ1) is 9.69. The number of anilines is 2. The highest BCUT2D eigenvalue weighted by atomic mass is 19.2. The molecule has 0 unspecified atom stereocenters. The Labute approximate surface area is 120 Å². The lowest BCUT2D eigenvalue weighted by Gasteiger charge is -2.24. The lowest BCUT2D eigenvalue weighted by molar-refractivity contribution is 0.507. The Kier molecular flexibility index (Phi) is 3.80. The van der Waals surface area contributed by atoms with Crippen LogP contribution in [0.1, 0.15) is 26.3 Å². The van der Waals surface area contributed by atoms with E-state index in [1.807, 2.05) is 20.8 Å². The van der Waals surface area contributed by atoms with E-state index in [1.165, 1.54) is 6.07 Å². The van der Waals surface area contributed by atoms with E-state index >= 15 is 0 Å². The van der Waals surface area contributed by atoms with Crippen LogP contribution in [0, 0.1) is 11.6 Å². The Hall–Kier alpha value is -2.24. The van der Waals surface area contributed by atoms with Crippen LogP contribution >= 0.6 is 0 Å². The van der Waals surface area contributed by atoms with Crippen LogP contribution < -0.4 is 21.5 Å². The zero-order valence-corrected chi connectivity index (χ0v) is 12.0. The van der Waals surface area contributed by atoms with E-state index in [9.17, 15) is 18.4 Å². The number of nitrogens with one attached hydrogen (secondary N) is 2. The molecule has 0 aliphatic heterocycles. The van der Waals surface area contributed by atoms with E-state index in [0.29, 0.717) is 5.56 Å². The lowest BCUT2D eigenvalue weighted by atomic mass is 10.1. The van der Waals surface area contributed by atoms with E-state index < -0.39 is 22.5 Å². The maximum Gasteiger partial charge on any atom is 0.253 e. The second-order valence-electron chi connectivity index (χ2n) is 5.89. The average molecular weight is 294 g/mol. The Morgan fingerprint density at radius 1 is 1.00 bits per heavy atom. The van der Waals surface area contributed by atoms with Crippen molar-refractivity contribution in [1.29, 1.82) is 0 Å². The SMILES string of the molecule is CC(C)(C)Nc1c(NCc2ccc(F)c(F)c2)c(=O)c1=O. The van der Waals surface area contributed by atoms with Gasteiger partial charge in [-0.3, -0.25) is 9.59 Å². The standard InChI is InChI=1S/C15H16F2N2O2/c1-15(2,3)19-12-11(13(20)14(12)21)18-7-8-4-5-9(16)10(17)6-8/h4-6,18-19H,7H2,1-3H3. The summed E-state index contributed by atoms with van der Waals surface area (Å²) >= 11 is 0. The minimum atomic E-state index is -0.952. The van der Waals surface area contributed by atoms with Gasteiger partial charge in [0.1, 0.15) is 11.4 Å². The first-order valence-electron chi connectivity index (χ1n) is 6.48. The monoisotopic (exact) mass is 294 g/mol. The van der Waals surface area contributed by atoms with Gasteiger partial charge in [0.2, 0.25) is 0 Å². The van der Waals surface area contributed by atoms with Gasteiger partial charge in [-0.05, 0) is 38.5 Å². The third-order valence-corrected chi connectivity index (χ3v) is 2.86. The highest BCUT2D eigenvalue weighted by Crippen LogP contribution is 2.20. The minimum absolute atomic E-state index is 0.126. The molecule has 0 spiro atoms. The zero-order chi connectivity index (χ0) is 15.8. The van der Waals surface area contributed by atoms with Crippen LogP contribution in [0.2, 0.25) is 0 Å². The fourth-order valence-electron chi connectivity index (χ4n) is 1.89. The maximum absolute atomic E-state index is 13.1. The van der Waals surface area contributed by atoms with E-state index in [0.717, 1.165) is 12.1 Å². The van der Waals surface area contributed by atoms with Crippen LogP contribution in [0.4, 0.5) is 20.2 Å². The molecule has 6 heteroatoms. The van der Waals surface area contributed by atoms with Crippen LogP contribution in [-0.4, -0.2) is 5.54 Å². The van der Waals surface area contributed by atoms with Crippen molar-refractivity contribution in [2.24, 2.45) is 0 Å². The molecule has 0 saturated heterocycles. The largest absolute Gasteiger partial charge is 0.376 e. The van der Waals surface area contributed by atoms with Gasteiger partial charge in [0.05, 0.1) is 0 Å². The maximum atomic E-state index is 13.1. The second-order valence-corrected chi connectivity index (χ2v) is 5.89. The van der Waals surface area contributed by atoms with Gasteiger partial charge in [0.15, 0.2) is 11.6 Å². The molecular weight excluding hydrogens is 278 g/mol. The van der Waals surface area contributed by atoms with Crippen molar-refractivity contribution >= 4 is 11.4 Å². The predicted molar refractivity (Wildman–Crippen MR) is 78.4 cm³/mol. The summed E-state index contributed by atoms with van der Waals surface area (Å²) in [6, 6.07) is 3.47. The average Bonchev–Trinajstić information content (AvgIpc) is 2.40. The summed E-state index contributed by atoms with van der Waals surface area (Å²) in [6.07, 6.45) is 0. The van der Waals surface area contributed by atoms with Crippen LogP contribution in [0.25, 0.3) is 0 Å². The van der Waals surface area contributed by atoms with Crippen LogP contribution in [0.15, 0.2) is 27.8 Å². The molecule has 2 N–H and O–H groups in total. The molecule has 21 heavy (non-hydrogen) atoms. The molecule has 0 fully saturated rings. The second kappa shape index (κ2) is 5.27. The third-order valence-electron chi connectivity index (χ3n) is 2.86. The number of hydrogen-bond donors (Lipinski definition) is 2. The Bertz CT molecular complexity index is 741. The Balaban J connectivity index is 2.14. The van der Waals surface area contributed by atoms with Crippen molar-refractivity contribution in [3.05, 3.63) is 55.8 Å². The van der Waals surface area contributed by atoms with E-state index in [1.54, 1.807) is 0 Å². The summed E-state index contributed by atoms with van der Waals surface area (Å²) in [5.74, 6) is -1.88. The van der Waals surface area contributed by atoms with Crippen molar-refractivity contribution < 1.29 is 8.78 Å². The highest BCUT2D eigenvalue weighted by Gasteiger charge is 2.24. The molecule has 0 amide bonds. The molecule has 4 nitrogen and oxygen atoms in total. The number of hydrogen-bond acceptors (Lipinski definition) is 4. The molecule has 2 aromatic carbocycles. The summed E-state index contributed by atoms with van der Waals surface area (Å²) in [7, 11) is 0. The van der Waals surface area contributed by atoms with Crippen molar-refractivity contribution in [2.45, 2.75) is 32.9 Å². The smallest absolute Gasteiger partial charge is 0.253 e. The third kappa shape index (κ3) is 3.26. The van der Waals surface area contributed by atoms with Gasteiger partial charge in [-0.15, -0.1) is 0 Å². The summed E-state index contributed by atoms with van der Waals surface area (Å²) in [4.78, 5) is 23.1. The van der Waals surface area contributed by atoms with E-state index in [2.05, 4.69) is 10.6 Å². The van der Waals surface area contributed by atoms with Gasteiger partial charge >= 0.3 is 0 Å². The first-order valence-corrected chi connectivity index (χ1v) is 6.48. The highest BCUT2D eigenvalue weighted by molar-refractivity contribution is 5.74. The normalized spacial score (nSPS) is 11.7. The summed E-state index contributed by atoms with van der Waals surface area (Å²) in [5.41, 5.74) is -0.652. The first kappa shape index (κ1) is 15.2. The minimum Gasteiger partial charge on any atom is -0.376 e. The van der Waals surface area contributed by atoms with Crippen LogP contribution in [0.3, 0.4) is 0 Å². The van der Waals surface area contributed by atoms with Gasteiger partial charge < -0.3 is 10.6 Å². The van der Waals surface area contributed by atoms with E-state index in [4.69, 9.17) is 0 Å². The molecular formula is C15H16F2N2O2. The molecule has 0 saturated carbocycles. The fraction of sp³-hybridized carbons (Fsp3) is 0.333. The fourth-order valence-corrected chi connectivity index (χ4v) is 1.89. The molecule has 0 aromatic heterocycles. The molecule has 2 rings (SSSR count). The van der Waals surface area contributed by atoms with E-state index in [-0.39, 0.29) is 23.5 Å². The summed E-state index contributed by atoms with van der Waals surface area (Å²) < 4.78 is 25.9. The number of halogens is 2. The van der Waals surface area contributed by atoms with Crippen molar-refractivity contribution in [1.82, 2.24) is 0 Å². The summed E-state index contributed by atoms with van der Waals surface area (Å²) in [6.45, 7) is 5.72. The summed E-state index contributed by atoms with van der Waals surface area (Å²) in [5, 5.41) is 5.75. The van der Waals surface area contributed by atoms with Crippen LogP contribution in [0.5, 0.6) is 0 Å². The molecule has 0 heterocycles. The van der Waals surface area contributed by atoms with Gasteiger partial charge in [0.25, 0.3) is 10.9 Å². The van der Waals surface area contributed by atoms with Gasteiger partial charge in [-0.25, -0.2) is 8.78 Å². The Morgan fingerprint density at radius 3 is 2.19 bits per heavy atom. The molecule has 0 aliphatic carbocycles. The van der Waals surface area contributed by atoms with Crippen molar-refractivity contribution in [3.8, 4) is 0 Å². The molecule has 0 aliphatic rings. The number of rotatable bonds is 4. The van der Waals surface area contributed by atoms with Crippen molar-refractivity contribution in [3.63, 3.8) is 0 Å². The molecule has 0 radical (unpaired) electrons. The van der Waals surface area contributed by atoms with Gasteiger partial charge in [-0.2, -0.15) is 0 Å². The lowest BCUT2D eigenvalue weighted by Crippen LogP contribution is -2.41. The Morgan fingerprint density at radius 2 is 1.62 bits per heavy atom. The molecule has 0 bridgehead atoms. The molecule has 2 aromatic rings. The van der Waals surface area contributed by atoms with Crippen molar-refractivity contribution in [2.75, 3.05) is 10.6 Å². The molecule has 112 valence electrons. The topological polar surface area (TPSA) is 58.2 Å². The zero-order valence-electron chi connectivity index (χ0n) is 12.0. The van der Waals surface area contributed by atoms with Crippen LogP contribution in [-0.2, 0) is 6.54 Å². The molecule has 0 atom stereocenters. The quantitative estimate of drug-likeness (QED) is 0.850.